The molecule has 0 bridgehead atoms. The molecule has 8 nitrogen and oxygen atoms in total. The van der Waals surface area contributed by atoms with E-state index in [1.54, 1.807) is 19.1 Å². The number of benzene rings is 1. The first-order valence-electron chi connectivity index (χ1n) is 6.39. The molecule has 0 saturated heterocycles. The predicted molar refractivity (Wildman–Crippen MR) is 77.2 cm³/mol. The summed E-state index contributed by atoms with van der Waals surface area (Å²) in [5, 5.41) is 29.6. The van der Waals surface area contributed by atoms with Gasteiger partial charge in [-0.2, -0.15) is 0 Å². The SMILES string of the molecule is Cc1cc(CNc2cc([N+](=O)[O-])ccc2NCCO)no1. The number of hydrogen-bond acceptors (Lipinski definition) is 7. The van der Waals surface area contributed by atoms with E-state index in [1.807, 2.05) is 0 Å². The number of anilines is 2. The van der Waals surface area contributed by atoms with Gasteiger partial charge in [-0.3, -0.25) is 10.1 Å². The van der Waals surface area contributed by atoms with E-state index in [1.165, 1.54) is 12.1 Å². The van der Waals surface area contributed by atoms with Crippen LogP contribution in [-0.2, 0) is 6.54 Å². The standard InChI is InChI=1S/C13H16N4O4/c1-9-6-10(16-21-9)8-15-13-7-11(17(19)20)2-3-12(13)14-4-5-18/h2-3,6-7,14-15,18H,4-5,8H2,1H3. The minimum absolute atomic E-state index is 0.0108. The number of non-ortho nitro benzene ring substituents is 1. The molecule has 0 atom stereocenters. The van der Waals surface area contributed by atoms with Crippen LogP contribution >= 0.6 is 0 Å². The normalized spacial score (nSPS) is 10.4. The molecule has 0 radical (unpaired) electrons. The van der Waals surface area contributed by atoms with Crippen molar-refractivity contribution < 1.29 is 14.6 Å². The minimum Gasteiger partial charge on any atom is -0.395 e. The van der Waals surface area contributed by atoms with Crippen LogP contribution in [0.25, 0.3) is 0 Å². The Morgan fingerprint density at radius 3 is 2.76 bits per heavy atom. The number of aliphatic hydroxyl groups is 1. The molecular formula is C13H16N4O4. The summed E-state index contributed by atoms with van der Waals surface area (Å²) in [6, 6.07) is 6.23. The van der Waals surface area contributed by atoms with Crippen molar-refractivity contribution in [3.8, 4) is 0 Å². The van der Waals surface area contributed by atoms with E-state index in [0.717, 1.165) is 0 Å². The van der Waals surface area contributed by atoms with E-state index in [0.29, 0.717) is 35.9 Å². The van der Waals surface area contributed by atoms with Gasteiger partial charge in [-0.05, 0) is 13.0 Å². The van der Waals surface area contributed by atoms with E-state index in [-0.39, 0.29) is 12.3 Å². The molecule has 0 aliphatic heterocycles. The number of aromatic nitrogens is 1. The van der Waals surface area contributed by atoms with Crippen LogP contribution in [0.15, 0.2) is 28.8 Å². The van der Waals surface area contributed by atoms with E-state index in [9.17, 15) is 10.1 Å². The molecule has 2 aromatic rings. The van der Waals surface area contributed by atoms with Gasteiger partial charge in [0.15, 0.2) is 0 Å². The highest BCUT2D eigenvalue weighted by Gasteiger charge is 2.11. The molecule has 8 heteroatoms. The zero-order valence-electron chi connectivity index (χ0n) is 11.5. The van der Waals surface area contributed by atoms with Crippen molar-refractivity contribution in [3.05, 3.63) is 45.8 Å². The summed E-state index contributed by atoms with van der Waals surface area (Å²) < 4.78 is 4.96. The van der Waals surface area contributed by atoms with Gasteiger partial charge in [0, 0.05) is 24.7 Å². The highest BCUT2D eigenvalue weighted by atomic mass is 16.6. The fourth-order valence-corrected chi connectivity index (χ4v) is 1.82. The molecule has 0 unspecified atom stereocenters. The topological polar surface area (TPSA) is 113 Å². The summed E-state index contributed by atoms with van der Waals surface area (Å²) in [5.41, 5.74) is 1.93. The molecule has 1 aromatic heterocycles. The van der Waals surface area contributed by atoms with Gasteiger partial charge >= 0.3 is 0 Å². The summed E-state index contributed by atoms with van der Waals surface area (Å²) in [6.45, 7) is 2.50. The molecule has 2 rings (SSSR count). The molecule has 0 spiro atoms. The fraction of sp³-hybridized carbons (Fsp3) is 0.308. The van der Waals surface area contributed by atoms with Gasteiger partial charge in [0.1, 0.15) is 11.5 Å². The van der Waals surface area contributed by atoms with E-state index < -0.39 is 4.92 Å². The minimum atomic E-state index is -0.457. The van der Waals surface area contributed by atoms with Crippen LogP contribution in [0.5, 0.6) is 0 Å². The lowest BCUT2D eigenvalue weighted by molar-refractivity contribution is -0.384. The smallest absolute Gasteiger partial charge is 0.271 e. The van der Waals surface area contributed by atoms with Crippen molar-refractivity contribution >= 4 is 17.1 Å². The van der Waals surface area contributed by atoms with Crippen LogP contribution in [0.2, 0.25) is 0 Å². The van der Waals surface area contributed by atoms with Crippen molar-refractivity contribution in [3.63, 3.8) is 0 Å². The van der Waals surface area contributed by atoms with Gasteiger partial charge in [0.25, 0.3) is 5.69 Å². The molecule has 1 heterocycles. The van der Waals surface area contributed by atoms with Crippen molar-refractivity contribution in [2.75, 3.05) is 23.8 Å². The third-order valence-electron chi connectivity index (χ3n) is 2.78. The maximum atomic E-state index is 10.8. The molecule has 0 aliphatic rings. The van der Waals surface area contributed by atoms with Gasteiger partial charge in [0.05, 0.1) is 29.4 Å². The second-order valence-corrected chi connectivity index (χ2v) is 4.42. The molecule has 112 valence electrons. The first-order chi connectivity index (χ1) is 10.1. The molecule has 21 heavy (non-hydrogen) atoms. The highest BCUT2D eigenvalue weighted by Crippen LogP contribution is 2.27. The van der Waals surface area contributed by atoms with Gasteiger partial charge in [-0.15, -0.1) is 0 Å². The molecule has 0 saturated carbocycles. The molecule has 0 amide bonds. The lowest BCUT2D eigenvalue weighted by atomic mass is 10.2. The Balaban J connectivity index is 2.16. The number of hydrogen-bond donors (Lipinski definition) is 3. The van der Waals surface area contributed by atoms with Crippen LogP contribution in [0.1, 0.15) is 11.5 Å². The number of nitro groups is 1. The summed E-state index contributed by atoms with van der Waals surface area (Å²) in [7, 11) is 0. The van der Waals surface area contributed by atoms with Gasteiger partial charge in [-0.1, -0.05) is 5.16 Å². The summed E-state index contributed by atoms with van der Waals surface area (Å²) >= 11 is 0. The maximum Gasteiger partial charge on any atom is 0.271 e. The average Bonchev–Trinajstić information content (AvgIpc) is 2.88. The van der Waals surface area contributed by atoms with Crippen LogP contribution in [0.3, 0.4) is 0 Å². The molecule has 0 aliphatic carbocycles. The Hall–Kier alpha value is -2.61. The Morgan fingerprint density at radius 2 is 2.14 bits per heavy atom. The third-order valence-corrected chi connectivity index (χ3v) is 2.78. The maximum absolute atomic E-state index is 10.8. The Labute approximate surface area is 120 Å². The number of nitro benzene ring substituents is 1. The lowest BCUT2D eigenvalue weighted by Gasteiger charge is -2.12. The van der Waals surface area contributed by atoms with E-state index in [2.05, 4.69) is 15.8 Å². The molecule has 1 aromatic carbocycles. The zero-order valence-corrected chi connectivity index (χ0v) is 11.5. The Morgan fingerprint density at radius 1 is 1.33 bits per heavy atom. The largest absolute Gasteiger partial charge is 0.395 e. The van der Waals surface area contributed by atoms with Crippen molar-refractivity contribution in [2.24, 2.45) is 0 Å². The Kier molecular flexibility index (Phi) is 4.72. The van der Waals surface area contributed by atoms with Crippen molar-refractivity contribution in [2.45, 2.75) is 13.5 Å². The number of nitrogens with zero attached hydrogens (tertiary/aromatic N) is 2. The van der Waals surface area contributed by atoms with Crippen LogP contribution < -0.4 is 10.6 Å². The molecular weight excluding hydrogens is 276 g/mol. The van der Waals surface area contributed by atoms with Crippen molar-refractivity contribution in [1.82, 2.24) is 5.16 Å². The van der Waals surface area contributed by atoms with Crippen molar-refractivity contribution in [1.29, 1.82) is 0 Å². The van der Waals surface area contributed by atoms with Crippen LogP contribution in [0.4, 0.5) is 17.1 Å². The summed E-state index contributed by atoms with van der Waals surface area (Å²) in [4.78, 5) is 10.4. The molecule has 0 fully saturated rings. The number of nitrogens with one attached hydrogen (secondary N) is 2. The zero-order chi connectivity index (χ0) is 15.2. The molecule has 3 N–H and O–H groups in total. The third kappa shape index (κ3) is 3.93. The predicted octanol–water partition coefficient (Wildman–Crippen LogP) is 1.91. The second kappa shape index (κ2) is 6.71. The average molecular weight is 292 g/mol. The fourth-order valence-electron chi connectivity index (χ4n) is 1.82. The monoisotopic (exact) mass is 292 g/mol. The number of aliphatic hydroxyl groups excluding tert-OH is 1. The van der Waals surface area contributed by atoms with Gasteiger partial charge in [0.2, 0.25) is 0 Å². The first-order valence-corrected chi connectivity index (χ1v) is 6.39. The second-order valence-electron chi connectivity index (χ2n) is 4.42. The van der Waals surface area contributed by atoms with E-state index >= 15 is 0 Å². The quantitative estimate of drug-likeness (QED) is 0.527. The summed E-state index contributed by atoms with van der Waals surface area (Å²) in [6.07, 6.45) is 0. The number of aryl methyl sites for hydroxylation is 1. The number of rotatable bonds is 7. The van der Waals surface area contributed by atoms with Gasteiger partial charge in [-0.25, -0.2) is 0 Å². The summed E-state index contributed by atoms with van der Waals surface area (Å²) in [5.74, 6) is 0.699. The van der Waals surface area contributed by atoms with Crippen LogP contribution in [0, 0.1) is 17.0 Å². The first kappa shape index (κ1) is 14.8. The van der Waals surface area contributed by atoms with Crippen LogP contribution in [-0.4, -0.2) is 28.3 Å². The Bertz CT molecular complexity index is 626. The lowest BCUT2D eigenvalue weighted by Crippen LogP contribution is -2.09. The van der Waals surface area contributed by atoms with E-state index in [4.69, 9.17) is 9.63 Å². The highest BCUT2D eigenvalue weighted by molar-refractivity contribution is 5.71. The van der Waals surface area contributed by atoms with Gasteiger partial charge < -0.3 is 20.3 Å².